The van der Waals surface area contributed by atoms with E-state index in [0.29, 0.717) is 19.5 Å². The molecule has 1 aliphatic heterocycles. The molecule has 0 bridgehead atoms. The number of carbonyl (C=O) groups excluding carboxylic acids is 1. The van der Waals surface area contributed by atoms with Crippen LogP contribution in [-0.2, 0) is 0 Å². The third kappa shape index (κ3) is 3.36. The van der Waals surface area contributed by atoms with Crippen LogP contribution in [0.5, 0.6) is 0 Å². The van der Waals surface area contributed by atoms with Crippen LogP contribution in [-0.4, -0.2) is 34.9 Å². The lowest BCUT2D eigenvalue weighted by Gasteiger charge is -2.36. The zero-order valence-corrected chi connectivity index (χ0v) is 11.8. The number of rotatable bonds is 3. The van der Waals surface area contributed by atoms with E-state index in [0.717, 1.165) is 24.6 Å². The summed E-state index contributed by atoms with van der Waals surface area (Å²) in [5.74, 6) is -0.970. The molecule has 1 aromatic carbocycles. The molecule has 1 aliphatic rings. The molecule has 0 saturated carbocycles. The SMILES string of the molecule is CCC1CN(C(=O)c2cc(F)cc([N+](=O)[O-])c2)CCC1N. The number of amides is 1. The van der Waals surface area contributed by atoms with Gasteiger partial charge in [0, 0.05) is 30.8 Å². The minimum Gasteiger partial charge on any atom is -0.338 e. The van der Waals surface area contributed by atoms with Gasteiger partial charge in [0.25, 0.3) is 11.6 Å². The molecule has 21 heavy (non-hydrogen) atoms. The summed E-state index contributed by atoms with van der Waals surface area (Å²) in [5, 5.41) is 10.7. The number of nitrogens with zero attached hydrogens (tertiary/aromatic N) is 2. The second-order valence-electron chi connectivity index (χ2n) is 5.33. The lowest BCUT2D eigenvalue weighted by atomic mass is 9.90. The maximum absolute atomic E-state index is 13.4. The first-order valence-corrected chi connectivity index (χ1v) is 6.92. The first-order chi connectivity index (χ1) is 9.92. The highest BCUT2D eigenvalue weighted by atomic mass is 19.1. The molecule has 7 heteroatoms. The molecule has 6 nitrogen and oxygen atoms in total. The molecule has 0 aliphatic carbocycles. The summed E-state index contributed by atoms with van der Waals surface area (Å²) in [6, 6.07) is 3.00. The Morgan fingerprint density at radius 1 is 1.52 bits per heavy atom. The molecule has 114 valence electrons. The summed E-state index contributed by atoms with van der Waals surface area (Å²) in [6.45, 7) is 2.99. The Labute approximate surface area is 121 Å². The molecule has 2 atom stereocenters. The molecule has 1 heterocycles. The van der Waals surface area contributed by atoms with Gasteiger partial charge in [-0.05, 0) is 18.4 Å². The number of hydrogen-bond acceptors (Lipinski definition) is 4. The normalized spacial score (nSPS) is 22.1. The Balaban J connectivity index is 2.22. The van der Waals surface area contributed by atoms with Crippen molar-refractivity contribution < 1.29 is 14.1 Å². The summed E-state index contributed by atoms with van der Waals surface area (Å²) in [4.78, 5) is 24.0. The van der Waals surface area contributed by atoms with Gasteiger partial charge in [-0.2, -0.15) is 0 Å². The van der Waals surface area contributed by atoms with E-state index in [1.807, 2.05) is 6.92 Å². The molecular formula is C14H18FN3O3. The van der Waals surface area contributed by atoms with Crippen LogP contribution in [0, 0.1) is 21.8 Å². The number of benzene rings is 1. The maximum Gasteiger partial charge on any atom is 0.273 e. The van der Waals surface area contributed by atoms with E-state index in [9.17, 15) is 19.3 Å². The van der Waals surface area contributed by atoms with Gasteiger partial charge in [0.1, 0.15) is 5.82 Å². The average molecular weight is 295 g/mol. The zero-order valence-electron chi connectivity index (χ0n) is 11.8. The van der Waals surface area contributed by atoms with Gasteiger partial charge in [0.2, 0.25) is 0 Å². The lowest BCUT2D eigenvalue weighted by Crippen LogP contribution is -2.49. The van der Waals surface area contributed by atoms with Crippen LogP contribution < -0.4 is 5.73 Å². The number of likely N-dealkylation sites (tertiary alicyclic amines) is 1. The number of nitrogens with two attached hydrogens (primary N) is 1. The Kier molecular flexibility index (Phi) is 4.52. The summed E-state index contributed by atoms with van der Waals surface area (Å²) in [6.07, 6.45) is 1.54. The van der Waals surface area contributed by atoms with E-state index in [4.69, 9.17) is 5.73 Å². The molecule has 1 saturated heterocycles. The number of hydrogen-bond donors (Lipinski definition) is 1. The van der Waals surface area contributed by atoms with E-state index in [2.05, 4.69) is 0 Å². The standard InChI is InChI=1S/C14H18FN3O3/c1-2-9-8-17(4-3-13(9)16)14(19)10-5-11(15)7-12(6-10)18(20)21/h5-7,9,13H,2-4,8,16H2,1H3. The first kappa shape index (κ1) is 15.4. The van der Waals surface area contributed by atoms with Gasteiger partial charge in [-0.15, -0.1) is 0 Å². The molecule has 1 amide bonds. The second-order valence-corrected chi connectivity index (χ2v) is 5.33. The zero-order chi connectivity index (χ0) is 15.6. The fourth-order valence-electron chi connectivity index (χ4n) is 2.65. The van der Waals surface area contributed by atoms with Crippen molar-refractivity contribution in [3.05, 3.63) is 39.7 Å². The summed E-state index contributed by atoms with van der Waals surface area (Å²) < 4.78 is 13.4. The number of non-ortho nitro benzene ring substituents is 1. The van der Waals surface area contributed by atoms with E-state index in [-0.39, 0.29) is 23.4 Å². The van der Waals surface area contributed by atoms with Gasteiger partial charge in [-0.1, -0.05) is 13.3 Å². The fourth-order valence-corrected chi connectivity index (χ4v) is 2.65. The van der Waals surface area contributed by atoms with Crippen LogP contribution in [0.1, 0.15) is 30.1 Å². The van der Waals surface area contributed by atoms with Gasteiger partial charge >= 0.3 is 0 Å². The van der Waals surface area contributed by atoms with Crippen molar-refractivity contribution in [1.29, 1.82) is 0 Å². The smallest absolute Gasteiger partial charge is 0.273 e. The van der Waals surface area contributed by atoms with Crippen LogP contribution in [0.15, 0.2) is 18.2 Å². The van der Waals surface area contributed by atoms with Crippen molar-refractivity contribution in [3.63, 3.8) is 0 Å². The number of nitro benzene ring substituents is 1. The van der Waals surface area contributed by atoms with Gasteiger partial charge < -0.3 is 10.6 Å². The summed E-state index contributed by atoms with van der Waals surface area (Å²) in [7, 11) is 0. The third-order valence-corrected chi connectivity index (χ3v) is 3.94. The van der Waals surface area contributed by atoms with E-state index in [1.54, 1.807) is 4.90 Å². The largest absolute Gasteiger partial charge is 0.338 e. The second kappa shape index (κ2) is 6.17. The van der Waals surface area contributed by atoms with Gasteiger partial charge in [-0.3, -0.25) is 14.9 Å². The van der Waals surface area contributed by atoms with Gasteiger partial charge in [0.05, 0.1) is 11.0 Å². The highest BCUT2D eigenvalue weighted by Crippen LogP contribution is 2.22. The predicted molar refractivity (Wildman–Crippen MR) is 75.3 cm³/mol. The van der Waals surface area contributed by atoms with Crippen molar-refractivity contribution in [3.8, 4) is 0 Å². The molecule has 0 aromatic heterocycles. The van der Waals surface area contributed by atoms with Crippen LogP contribution >= 0.6 is 0 Å². The molecule has 2 unspecified atom stereocenters. The molecule has 0 radical (unpaired) electrons. The fraction of sp³-hybridized carbons (Fsp3) is 0.500. The lowest BCUT2D eigenvalue weighted by molar-refractivity contribution is -0.385. The monoisotopic (exact) mass is 295 g/mol. The topological polar surface area (TPSA) is 89.5 Å². The number of nitro groups is 1. The number of carbonyl (C=O) groups is 1. The molecule has 1 aromatic rings. The summed E-state index contributed by atoms with van der Waals surface area (Å²) >= 11 is 0. The van der Waals surface area contributed by atoms with Crippen LogP contribution in [0.2, 0.25) is 0 Å². The highest BCUT2D eigenvalue weighted by molar-refractivity contribution is 5.95. The van der Waals surface area contributed by atoms with Crippen LogP contribution in [0.4, 0.5) is 10.1 Å². The first-order valence-electron chi connectivity index (χ1n) is 6.92. The average Bonchev–Trinajstić information content (AvgIpc) is 2.46. The van der Waals surface area contributed by atoms with Crippen molar-refractivity contribution >= 4 is 11.6 Å². The Hall–Kier alpha value is -2.02. The van der Waals surface area contributed by atoms with Crippen LogP contribution in [0.3, 0.4) is 0 Å². The molecule has 1 fully saturated rings. The minimum absolute atomic E-state index is 0.00650. The molecule has 2 rings (SSSR count). The van der Waals surface area contributed by atoms with Gasteiger partial charge in [-0.25, -0.2) is 4.39 Å². The predicted octanol–water partition coefficient (Wildman–Crippen LogP) is 1.93. The third-order valence-electron chi connectivity index (χ3n) is 3.94. The van der Waals surface area contributed by atoms with E-state index < -0.39 is 16.4 Å². The Bertz CT molecular complexity index is 564. The van der Waals surface area contributed by atoms with Crippen molar-refractivity contribution in [2.24, 2.45) is 11.7 Å². The molecule has 0 spiro atoms. The summed E-state index contributed by atoms with van der Waals surface area (Å²) in [5.41, 5.74) is 5.58. The molecular weight excluding hydrogens is 277 g/mol. The van der Waals surface area contributed by atoms with E-state index >= 15 is 0 Å². The quantitative estimate of drug-likeness (QED) is 0.681. The van der Waals surface area contributed by atoms with Gasteiger partial charge in [0.15, 0.2) is 0 Å². The minimum atomic E-state index is -0.784. The van der Waals surface area contributed by atoms with Crippen molar-refractivity contribution in [2.75, 3.05) is 13.1 Å². The Morgan fingerprint density at radius 3 is 2.86 bits per heavy atom. The van der Waals surface area contributed by atoms with Crippen molar-refractivity contribution in [1.82, 2.24) is 4.90 Å². The maximum atomic E-state index is 13.4. The van der Waals surface area contributed by atoms with Crippen molar-refractivity contribution in [2.45, 2.75) is 25.8 Å². The number of halogens is 1. The number of piperidine rings is 1. The Morgan fingerprint density at radius 2 is 2.24 bits per heavy atom. The molecule has 2 N–H and O–H groups in total. The highest BCUT2D eigenvalue weighted by Gasteiger charge is 2.29. The van der Waals surface area contributed by atoms with E-state index in [1.165, 1.54) is 0 Å². The van der Waals surface area contributed by atoms with Crippen LogP contribution in [0.25, 0.3) is 0 Å².